The second-order valence-electron chi connectivity index (χ2n) is 3.43. The van der Waals surface area contributed by atoms with Gasteiger partial charge in [-0.15, -0.1) is 5.10 Å². The van der Waals surface area contributed by atoms with Crippen LogP contribution in [0.3, 0.4) is 0 Å². The molecule has 1 aromatic heterocycles. The number of benzene rings is 1. The molecule has 1 aromatic carbocycles. The number of aryl methyl sites for hydroxylation is 1. The van der Waals surface area contributed by atoms with E-state index in [0.29, 0.717) is 6.54 Å². The van der Waals surface area contributed by atoms with Crippen LogP contribution in [0.4, 0.5) is 5.69 Å². The van der Waals surface area contributed by atoms with Crippen molar-refractivity contribution in [3.63, 3.8) is 0 Å². The van der Waals surface area contributed by atoms with Gasteiger partial charge in [-0.3, -0.25) is 4.68 Å². The molecule has 84 valence electrons. The van der Waals surface area contributed by atoms with Crippen molar-refractivity contribution in [1.82, 2.24) is 15.0 Å². The molecule has 0 aliphatic carbocycles. The van der Waals surface area contributed by atoms with Gasteiger partial charge in [-0.25, -0.2) is 0 Å². The second-order valence-corrected chi connectivity index (χ2v) is 3.43. The maximum atomic E-state index is 5.15. The summed E-state index contributed by atoms with van der Waals surface area (Å²) in [4.78, 5) is 0. The number of hydrogen-bond donors (Lipinski definition) is 1. The first-order valence-electron chi connectivity index (χ1n) is 5.01. The van der Waals surface area contributed by atoms with Crippen LogP contribution in [0.2, 0.25) is 0 Å². The van der Waals surface area contributed by atoms with Crippen LogP contribution in [-0.2, 0) is 13.6 Å². The van der Waals surface area contributed by atoms with Gasteiger partial charge in [0.05, 0.1) is 25.5 Å². The smallest absolute Gasteiger partial charge is 0.120 e. The Morgan fingerprint density at radius 2 is 2.31 bits per heavy atom. The first kappa shape index (κ1) is 10.5. The highest BCUT2D eigenvalue weighted by atomic mass is 16.5. The van der Waals surface area contributed by atoms with E-state index in [2.05, 4.69) is 15.6 Å². The third-order valence-electron chi connectivity index (χ3n) is 2.35. The van der Waals surface area contributed by atoms with Gasteiger partial charge < -0.3 is 10.1 Å². The van der Waals surface area contributed by atoms with Crippen LogP contribution in [0.25, 0.3) is 0 Å². The van der Waals surface area contributed by atoms with Crippen LogP contribution in [0.1, 0.15) is 5.69 Å². The van der Waals surface area contributed by atoms with Gasteiger partial charge in [0.15, 0.2) is 0 Å². The van der Waals surface area contributed by atoms with Crippen molar-refractivity contribution in [2.45, 2.75) is 6.54 Å². The standard InChI is InChI=1S/C11H14N4O/c1-15-10(8-13-14-15)7-12-9-4-3-5-11(6-9)16-2/h3-6,8,12H,7H2,1-2H3. The molecular formula is C11H14N4O. The highest BCUT2D eigenvalue weighted by molar-refractivity contribution is 5.48. The number of ether oxygens (including phenoxy) is 1. The Hall–Kier alpha value is -2.04. The molecule has 0 saturated heterocycles. The molecule has 0 spiro atoms. The summed E-state index contributed by atoms with van der Waals surface area (Å²) in [5.41, 5.74) is 2.04. The predicted molar refractivity (Wildman–Crippen MR) is 61.3 cm³/mol. The van der Waals surface area contributed by atoms with Gasteiger partial charge >= 0.3 is 0 Å². The number of nitrogens with zero attached hydrogens (tertiary/aromatic N) is 3. The number of aromatic nitrogens is 3. The number of rotatable bonds is 4. The lowest BCUT2D eigenvalue weighted by Gasteiger charge is -2.07. The van der Waals surface area contributed by atoms with Crippen molar-refractivity contribution < 1.29 is 4.74 Å². The lowest BCUT2D eigenvalue weighted by atomic mass is 10.3. The number of anilines is 1. The molecule has 0 aliphatic heterocycles. The van der Waals surface area contributed by atoms with E-state index in [1.807, 2.05) is 31.3 Å². The van der Waals surface area contributed by atoms with E-state index in [-0.39, 0.29) is 0 Å². The van der Waals surface area contributed by atoms with Crippen LogP contribution in [0.15, 0.2) is 30.5 Å². The van der Waals surface area contributed by atoms with Crippen LogP contribution < -0.4 is 10.1 Å². The Morgan fingerprint density at radius 3 is 3.00 bits per heavy atom. The van der Waals surface area contributed by atoms with Gasteiger partial charge in [-0.2, -0.15) is 0 Å². The molecule has 2 aromatic rings. The summed E-state index contributed by atoms with van der Waals surface area (Å²) < 4.78 is 6.89. The molecule has 1 heterocycles. The minimum absolute atomic E-state index is 0.691. The normalized spacial score (nSPS) is 10.1. The van der Waals surface area contributed by atoms with Crippen molar-refractivity contribution in [2.75, 3.05) is 12.4 Å². The van der Waals surface area contributed by atoms with Crippen LogP contribution >= 0.6 is 0 Å². The molecule has 0 atom stereocenters. The predicted octanol–water partition coefficient (Wildman–Crippen LogP) is 1.44. The molecular weight excluding hydrogens is 204 g/mol. The molecule has 0 saturated carbocycles. The zero-order valence-electron chi connectivity index (χ0n) is 9.34. The first-order valence-corrected chi connectivity index (χ1v) is 5.01. The summed E-state index contributed by atoms with van der Waals surface area (Å²) >= 11 is 0. The lowest BCUT2D eigenvalue weighted by Crippen LogP contribution is -2.05. The maximum absolute atomic E-state index is 5.15. The Bertz CT molecular complexity index is 467. The van der Waals surface area contributed by atoms with E-state index in [0.717, 1.165) is 17.1 Å². The van der Waals surface area contributed by atoms with E-state index >= 15 is 0 Å². The summed E-state index contributed by atoms with van der Waals surface area (Å²) in [5, 5.41) is 11.0. The van der Waals surface area contributed by atoms with Crippen LogP contribution in [-0.4, -0.2) is 22.1 Å². The summed E-state index contributed by atoms with van der Waals surface area (Å²) in [7, 11) is 3.53. The average Bonchev–Trinajstić information content (AvgIpc) is 2.72. The van der Waals surface area contributed by atoms with Gasteiger partial charge in [0, 0.05) is 18.8 Å². The lowest BCUT2D eigenvalue weighted by molar-refractivity contribution is 0.415. The van der Waals surface area contributed by atoms with E-state index < -0.39 is 0 Å². The van der Waals surface area contributed by atoms with E-state index in [1.54, 1.807) is 18.0 Å². The quantitative estimate of drug-likeness (QED) is 0.843. The van der Waals surface area contributed by atoms with Gasteiger partial charge in [-0.05, 0) is 12.1 Å². The fraction of sp³-hybridized carbons (Fsp3) is 0.273. The molecule has 0 aliphatic rings. The molecule has 16 heavy (non-hydrogen) atoms. The number of nitrogens with one attached hydrogen (secondary N) is 1. The van der Waals surface area contributed by atoms with E-state index in [4.69, 9.17) is 4.74 Å². The SMILES string of the molecule is COc1cccc(NCc2cnnn2C)c1. The minimum atomic E-state index is 0.691. The molecule has 1 N–H and O–H groups in total. The summed E-state index contributed by atoms with van der Waals surface area (Å²) in [6, 6.07) is 7.80. The summed E-state index contributed by atoms with van der Waals surface area (Å²) in [6.45, 7) is 0.691. The highest BCUT2D eigenvalue weighted by Gasteiger charge is 2.00. The molecule has 0 radical (unpaired) electrons. The minimum Gasteiger partial charge on any atom is -0.497 e. The topological polar surface area (TPSA) is 52.0 Å². The zero-order chi connectivity index (χ0) is 11.4. The van der Waals surface area contributed by atoms with E-state index in [9.17, 15) is 0 Å². The Kier molecular flexibility index (Phi) is 3.05. The van der Waals surface area contributed by atoms with Gasteiger partial charge in [-0.1, -0.05) is 11.3 Å². The summed E-state index contributed by atoms with van der Waals surface area (Å²) in [6.07, 6.45) is 1.74. The summed E-state index contributed by atoms with van der Waals surface area (Å²) in [5.74, 6) is 0.841. The second kappa shape index (κ2) is 4.65. The van der Waals surface area contributed by atoms with Crippen LogP contribution in [0, 0.1) is 0 Å². The van der Waals surface area contributed by atoms with Gasteiger partial charge in [0.2, 0.25) is 0 Å². The number of hydrogen-bond acceptors (Lipinski definition) is 4. The zero-order valence-corrected chi connectivity index (χ0v) is 9.34. The van der Waals surface area contributed by atoms with Crippen molar-refractivity contribution in [1.29, 1.82) is 0 Å². The molecule has 5 heteroatoms. The highest BCUT2D eigenvalue weighted by Crippen LogP contribution is 2.17. The molecule has 5 nitrogen and oxygen atoms in total. The van der Waals surface area contributed by atoms with Crippen molar-refractivity contribution >= 4 is 5.69 Å². The van der Waals surface area contributed by atoms with Crippen molar-refractivity contribution in [3.8, 4) is 5.75 Å². The average molecular weight is 218 g/mol. The Morgan fingerprint density at radius 1 is 1.44 bits per heavy atom. The monoisotopic (exact) mass is 218 g/mol. The molecule has 2 rings (SSSR count). The Labute approximate surface area is 94.0 Å². The van der Waals surface area contributed by atoms with Gasteiger partial charge in [0.1, 0.15) is 5.75 Å². The molecule has 0 bridgehead atoms. The largest absolute Gasteiger partial charge is 0.497 e. The Balaban J connectivity index is 2.02. The molecule has 0 unspecified atom stereocenters. The fourth-order valence-corrected chi connectivity index (χ4v) is 1.40. The number of methoxy groups -OCH3 is 1. The third kappa shape index (κ3) is 2.31. The molecule has 0 fully saturated rings. The first-order chi connectivity index (χ1) is 7.79. The maximum Gasteiger partial charge on any atom is 0.120 e. The van der Waals surface area contributed by atoms with Crippen molar-refractivity contribution in [2.24, 2.45) is 7.05 Å². The third-order valence-corrected chi connectivity index (χ3v) is 2.35. The molecule has 0 amide bonds. The fourth-order valence-electron chi connectivity index (χ4n) is 1.40. The van der Waals surface area contributed by atoms with Gasteiger partial charge in [0.25, 0.3) is 0 Å². The van der Waals surface area contributed by atoms with E-state index in [1.165, 1.54) is 0 Å². The van der Waals surface area contributed by atoms with Crippen molar-refractivity contribution in [3.05, 3.63) is 36.2 Å². The van der Waals surface area contributed by atoms with Crippen LogP contribution in [0.5, 0.6) is 5.75 Å².